The Labute approximate surface area is 164 Å². The van der Waals surface area contributed by atoms with Crippen LogP contribution in [0.5, 0.6) is 5.75 Å². The number of nitrogens with one attached hydrogen (secondary N) is 2. The van der Waals surface area contributed by atoms with Gasteiger partial charge in [-0.15, -0.1) is 22.7 Å². The van der Waals surface area contributed by atoms with Crippen LogP contribution in [0.1, 0.15) is 10.4 Å². The Morgan fingerprint density at radius 2 is 1.85 bits per heavy atom. The molecular weight excluding hydrogens is 388 g/mol. The van der Waals surface area contributed by atoms with Gasteiger partial charge in [-0.05, 0) is 47.9 Å². The first kappa shape index (κ1) is 18.4. The van der Waals surface area contributed by atoms with Crippen molar-refractivity contribution in [2.45, 2.75) is 0 Å². The monoisotopic (exact) mass is 404 g/mol. The molecule has 3 rings (SSSR count). The molecule has 3 aromatic rings. The molecule has 2 aromatic heterocycles. The fraction of sp³-hybridized carbons (Fsp3) is 0.111. The average Bonchev–Trinajstić information content (AvgIpc) is 3.31. The number of hydrogen-bond acceptors (Lipinski definition) is 6. The fourth-order valence-electron chi connectivity index (χ4n) is 2.31. The van der Waals surface area contributed by atoms with Crippen molar-refractivity contribution in [2.24, 2.45) is 0 Å². The van der Waals surface area contributed by atoms with Gasteiger partial charge in [0.2, 0.25) is 0 Å². The molecule has 0 aliphatic rings. The maximum Gasteiger partial charge on any atom is 0.341 e. The molecule has 0 radical (unpaired) electrons. The first-order valence-electron chi connectivity index (χ1n) is 7.58. The maximum absolute atomic E-state index is 12.3. The minimum atomic E-state index is -0.399. The van der Waals surface area contributed by atoms with Gasteiger partial charge in [-0.2, -0.15) is 0 Å². The highest BCUT2D eigenvalue weighted by atomic mass is 32.1. The molecular formula is C18H16N2O3S3. The van der Waals surface area contributed by atoms with Crippen molar-refractivity contribution < 1.29 is 14.3 Å². The van der Waals surface area contributed by atoms with Crippen LogP contribution in [0, 0.1) is 0 Å². The molecule has 0 saturated heterocycles. The number of hydrogen-bond donors (Lipinski definition) is 2. The lowest BCUT2D eigenvalue weighted by Crippen LogP contribution is -2.20. The fourth-order valence-corrected chi connectivity index (χ4v) is 4.37. The van der Waals surface area contributed by atoms with Crippen molar-refractivity contribution in [1.29, 1.82) is 0 Å². The molecule has 5 nitrogen and oxygen atoms in total. The van der Waals surface area contributed by atoms with Crippen LogP contribution in [-0.2, 0) is 4.74 Å². The van der Waals surface area contributed by atoms with E-state index >= 15 is 0 Å². The van der Waals surface area contributed by atoms with Crippen LogP contribution in [0.2, 0.25) is 0 Å². The van der Waals surface area contributed by atoms with Gasteiger partial charge in [0.15, 0.2) is 5.11 Å². The van der Waals surface area contributed by atoms with Crippen LogP contribution in [0.4, 0.5) is 10.7 Å². The number of thiophene rings is 2. The third-order valence-corrected chi connectivity index (χ3v) is 5.54. The number of anilines is 2. The average molecular weight is 405 g/mol. The molecule has 0 fully saturated rings. The molecule has 1 aromatic carbocycles. The molecule has 0 aliphatic carbocycles. The van der Waals surface area contributed by atoms with Crippen molar-refractivity contribution in [3.8, 4) is 16.2 Å². The zero-order valence-electron chi connectivity index (χ0n) is 14.1. The molecule has 26 heavy (non-hydrogen) atoms. The number of benzene rings is 1. The predicted octanol–water partition coefficient (Wildman–Crippen LogP) is 5.08. The van der Waals surface area contributed by atoms with Crippen LogP contribution in [0.25, 0.3) is 10.4 Å². The Morgan fingerprint density at radius 1 is 1.08 bits per heavy atom. The zero-order valence-corrected chi connectivity index (χ0v) is 16.5. The number of ether oxygens (including phenoxy) is 2. The van der Waals surface area contributed by atoms with Crippen LogP contribution in [-0.4, -0.2) is 25.3 Å². The highest BCUT2D eigenvalue weighted by Gasteiger charge is 2.22. The summed E-state index contributed by atoms with van der Waals surface area (Å²) in [6.07, 6.45) is 0. The van der Waals surface area contributed by atoms with Crippen LogP contribution < -0.4 is 15.4 Å². The SMILES string of the molecule is COC(=O)c1c(-c2cccs2)csc1NC(=S)Nc1ccc(OC)cc1. The van der Waals surface area contributed by atoms with E-state index < -0.39 is 5.97 Å². The Kier molecular flexibility index (Phi) is 5.87. The Bertz CT molecular complexity index is 902. The molecule has 2 heterocycles. The molecule has 2 N–H and O–H groups in total. The number of thiocarbonyl (C=S) groups is 1. The van der Waals surface area contributed by atoms with E-state index in [9.17, 15) is 4.79 Å². The lowest BCUT2D eigenvalue weighted by molar-refractivity contribution is 0.0603. The zero-order chi connectivity index (χ0) is 18.5. The summed E-state index contributed by atoms with van der Waals surface area (Å²) >= 11 is 8.35. The standard InChI is InChI=1S/C18H16N2O3S3/c1-22-12-7-5-11(6-8-12)19-18(24)20-16-15(17(21)23-2)13(10-26-16)14-4-3-9-25-14/h3-10H,1-2H3,(H2,19,20,24). The summed E-state index contributed by atoms with van der Waals surface area (Å²) in [6.45, 7) is 0. The maximum atomic E-state index is 12.3. The molecule has 0 bridgehead atoms. The van der Waals surface area contributed by atoms with E-state index in [1.54, 1.807) is 18.4 Å². The summed E-state index contributed by atoms with van der Waals surface area (Å²) in [5.41, 5.74) is 2.14. The van der Waals surface area contributed by atoms with E-state index in [0.29, 0.717) is 15.7 Å². The molecule has 134 valence electrons. The lowest BCUT2D eigenvalue weighted by atomic mass is 10.1. The van der Waals surface area contributed by atoms with Crippen molar-refractivity contribution in [1.82, 2.24) is 0 Å². The van der Waals surface area contributed by atoms with Gasteiger partial charge in [-0.25, -0.2) is 4.79 Å². The van der Waals surface area contributed by atoms with Crippen molar-refractivity contribution in [2.75, 3.05) is 24.9 Å². The Morgan fingerprint density at radius 3 is 2.46 bits per heavy atom. The van der Waals surface area contributed by atoms with E-state index in [1.807, 2.05) is 47.2 Å². The highest BCUT2D eigenvalue weighted by Crippen LogP contribution is 2.38. The first-order valence-corrected chi connectivity index (χ1v) is 9.75. The van der Waals surface area contributed by atoms with E-state index in [2.05, 4.69) is 10.6 Å². The number of methoxy groups -OCH3 is 2. The minimum Gasteiger partial charge on any atom is -0.497 e. The van der Waals surface area contributed by atoms with Crippen LogP contribution in [0.15, 0.2) is 47.2 Å². The third-order valence-electron chi connectivity index (χ3n) is 3.54. The lowest BCUT2D eigenvalue weighted by Gasteiger charge is -2.11. The van der Waals surface area contributed by atoms with Crippen molar-refractivity contribution in [3.05, 3.63) is 52.7 Å². The molecule has 8 heteroatoms. The quantitative estimate of drug-likeness (QED) is 0.457. The smallest absolute Gasteiger partial charge is 0.341 e. The molecule has 0 atom stereocenters. The molecule has 0 amide bonds. The van der Waals surface area contributed by atoms with Gasteiger partial charge >= 0.3 is 5.97 Å². The predicted molar refractivity (Wildman–Crippen MR) is 112 cm³/mol. The van der Waals surface area contributed by atoms with E-state index in [-0.39, 0.29) is 0 Å². The normalized spacial score (nSPS) is 10.2. The number of carbonyl (C=O) groups excluding carboxylic acids is 1. The largest absolute Gasteiger partial charge is 0.497 e. The molecule has 0 aliphatic heterocycles. The Hall–Kier alpha value is -2.42. The second-order valence-corrected chi connectivity index (χ2v) is 7.37. The van der Waals surface area contributed by atoms with Gasteiger partial charge in [-0.1, -0.05) is 6.07 Å². The summed E-state index contributed by atoms with van der Waals surface area (Å²) in [5.74, 6) is 0.366. The molecule has 0 unspecified atom stereocenters. The van der Waals surface area contributed by atoms with E-state index in [4.69, 9.17) is 21.7 Å². The summed E-state index contributed by atoms with van der Waals surface area (Å²) < 4.78 is 10.1. The van der Waals surface area contributed by atoms with E-state index in [1.165, 1.54) is 18.4 Å². The first-order chi connectivity index (χ1) is 12.6. The minimum absolute atomic E-state index is 0.389. The van der Waals surface area contributed by atoms with Crippen LogP contribution in [0.3, 0.4) is 0 Å². The van der Waals surface area contributed by atoms with E-state index in [0.717, 1.165) is 21.9 Å². The highest BCUT2D eigenvalue weighted by molar-refractivity contribution is 7.80. The number of rotatable bonds is 5. The second-order valence-electron chi connectivity index (χ2n) is 5.13. The van der Waals surface area contributed by atoms with Crippen molar-refractivity contribution in [3.63, 3.8) is 0 Å². The number of carbonyl (C=O) groups is 1. The summed E-state index contributed by atoms with van der Waals surface area (Å²) in [7, 11) is 2.99. The van der Waals surface area contributed by atoms with Gasteiger partial charge in [-0.3, -0.25) is 0 Å². The van der Waals surface area contributed by atoms with Crippen LogP contribution >= 0.6 is 34.9 Å². The summed E-state index contributed by atoms with van der Waals surface area (Å²) in [6, 6.07) is 11.3. The molecule has 0 spiro atoms. The second kappa shape index (κ2) is 8.31. The summed E-state index contributed by atoms with van der Waals surface area (Å²) in [5, 5.41) is 11.1. The van der Waals surface area contributed by atoms with Crippen molar-refractivity contribution >= 4 is 56.7 Å². The van der Waals surface area contributed by atoms with Gasteiger partial charge in [0.25, 0.3) is 0 Å². The topological polar surface area (TPSA) is 59.6 Å². The Balaban J connectivity index is 1.80. The third kappa shape index (κ3) is 4.04. The summed E-state index contributed by atoms with van der Waals surface area (Å²) in [4.78, 5) is 13.3. The van der Waals surface area contributed by atoms with Gasteiger partial charge in [0, 0.05) is 21.5 Å². The van der Waals surface area contributed by atoms with Gasteiger partial charge in [0.1, 0.15) is 16.3 Å². The van der Waals surface area contributed by atoms with Gasteiger partial charge < -0.3 is 20.1 Å². The van der Waals surface area contributed by atoms with Gasteiger partial charge in [0.05, 0.1) is 14.2 Å². The number of esters is 1. The molecule has 0 saturated carbocycles.